The van der Waals surface area contributed by atoms with Crippen LogP contribution in [0, 0.1) is 5.82 Å². The maximum Gasteiger partial charge on any atom is 0.419 e. The highest BCUT2D eigenvalue weighted by Crippen LogP contribution is 2.38. The molecule has 2 heterocycles. The maximum absolute atomic E-state index is 13.9. The molecule has 0 atom stereocenters. The Balaban J connectivity index is 2.09. The summed E-state index contributed by atoms with van der Waals surface area (Å²) in [6, 6.07) is 6.83. The summed E-state index contributed by atoms with van der Waals surface area (Å²) in [5, 5.41) is -0.492. The van der Waals surface area contributed by atoms with Gasteiger partial charge in [0.1, 0.15) is 17.5 Å². The first kappa shape index (κ1) is 23.4. The smallest absolute Gasteiger partial charge is 0.419 e. The number of hydrogen-bond donors (Lipinski definition) is 0. The molecule has 0 saturated carbocycles. The number of sulfone groups is 1. The third-order valence-corrected chi connectivity index (χ3v) is 5.73. The molecule has 4 aromatic rings. The first-order chi connectivity index (χ1) is 15.9. The molecule has 0 amide bonds. The van der Waals surface area contributed by atoms with Crippen LogP contribution in [0.5, 0.6) is 11.5 Å². The van der Waals surface area contributed by atoms with Gasteiger partial charge in [-0.05, 0) is 24.3 Å². The van der Waals surface area contributed by atoms with E-state index in [2.05, 4.69) is 15.0 Å². The fraction of sp³-hybridized carbons (Fsp3) is 0.190. The highest BCUT2D eigenvalue weighted by molar-refractivity contribution is 7.90. The lowest BCUT2D eigenvalue weighted by Crippen LogP contribution is -2.10. The number of methoxy groups -OCH3 is 2. The maximum atomic E-state index is 13.9. The molecule has 4 rings (SSSR count). The van der Waals surface area contributed by atoms with Crippen LogP contribution in [0.3, 0.4) is 0 Å². The van der Waals surface area contributed by atoms with Gasteiger partial charge in [-0.25, -0.2) is 27.8 Å². The fourth-order valence-electron chi connectivity index (χ4n) is 3.35. The molecule has 0 N–H and O–H groups in total. The first-order valence-corrected chi connectivity index (χ1v) is 11.4. The van der Waals surface area contributed by atoms with Crippen molar-refractivity contribution in [2.75, 3.05) is 20.5 Å². The number of ether oxygens (including phenoxy) is 2. The second kappa shape index (κ2) is 8.24. The number of imidazole rings is 1. The van der Waals surface area contributed by atoms with Gasteiger partial charge in [0.25, 0.3) is 0 Å². The number of hydrogen-bond acceptors (Lipinski definition) is 7. The van der Waals surface area contributed by atoms with Crippen molar-refractivity contribution in [1.29, 1.82) is 0 Å². The molecular formula is C21H16F4N4O4S. The van der Waals surface area contributed by atoms with Gasteiger partial charge in [0.05, 0.1) is 30.8 Å². The zero-order valence-corrected chi connectivity index (χ0v) is 18.7. The fourth-order valence-corrected chi connectivity index (χ4v) is 3.86. The van der Waals surface area contributed by atoms with Gasteiger partial charge in [-0.3, -0.25) is 4.57 Å². The van der Waals surface area contributed by atoms with E-state index in [1.165, 1.54) is 43.2 Å². The summed E-state index contributed by atoms with van der Waals surface area (Å²) in [6.07, 6.45) is -2.83. The number of halogens is 4. The molecule has 0 saturated heterocycles. The Morgan fingerprint density at radius 1 is 0.971 bits per heavy atom. The van der Waals surface area contributed by atoms with Gasteiger partial charge < -0.3 is 9.47 Å². The molecular weight excluding hydrogens is 480 g/mol. The van der Waals surface area contributed by atoms with Gasteiger partial charge in [0, 0.05) is 30.1 Å². The largest absolute Gasteiger partial charge is 0.493 e. The van der Waals surface area contributed by atoms with Crippen LogP contribution in [0.4, 0.5) is 17.6 Å². The van der Waals surface area contributed by atoms with Crippen LogP contribution >= 0.6 is 0 Å². The summed E-state index contributed by atoms with van der Waals surface area (Å²) >= 11 is 0. The molecule has 0 radical (unpaired) electrons. The van der Waals surface area contributed by atoms with E-state index in [1.54, 1.807) is 0 Å². The molecule has 0 aliphatic rings. The molecule has 2 aromatic carbocycles. The number of nitrogens with zero attached hydrogens (tertiary/aromatic N) is 4. The lowest BCUT2D eigenvalue weighted by Gasteiger charge is -2.13. The predicted octanol–water partition coefficient (Wildman–Crippen LogP) is 4.06. The van der Waals surface area contributed by atoms with E-state index in [0.717, 1.165) is 12.3 Å². The van der Waals surface area contributed by atoms with Gasteiger partial charge in [-0.1, -0.05) is 0 Å². The first-order valence-electron chi connectivity index (χ1n) is 9.49. The average Bonchev–Trinajstić information content (AvgIpc) is 3.15. The molecule has 2 aromatic heterocycles. The van der Waals surface area contributed by atoms with E-state index in [0.29, 0.717) is 23.4 Å². The predicted molar refractivity (Wildman–Crippen MR) is 113 cm³/mol. The van der Waals surface area contributed by atoms with Crippen LogP contribution in [-0.2, 0) is 16.0 Å². The highest BCUT2D eigenvalue weighted by Gasteiger charge is 2.35. The van der Waals surface area contributed by atoms with Crippen LogP contribution in [0.2, 0.25) is 0 Å². The highest BCUT2D eigenvalue weighted by atomic mass is 32.2. The molecule has 178 valence electrons. The molecule has 0 aliphatic carbocycles. The number of rotatable bonds is 5. The Hall–Kier alpha value is -3.74. The summed E-state index contributed by atoms with van der Waals surface area (Å²) in [4.78, 5) is 12.2. The van der Waals surface area contributed by atoms with Crippen molar-refractivity contribution in [3.8, 4) is 28.7 Å². The van der Waals surface area contributed by atoms with Crippen LogP contribution in [0.15, 0.2) is 47.8 Å². The summed E-state index contributed by atoms with van der Waals surface area (Å²) in [5.41, 5.74) is -0.950. The zero-order chi connectivity index (χ0) is 24.8. The Bertz CT molecular complexity index is 1520. The zero-order valence-electron chi connectivity index (χ0n) is 17.9. The van der Waals surface area contributed by atoms with Crippen molar-refractivity contribution < 1.29 is 35.5 Å². The standard InChI is InChI=1S/C21H16F4N4O4S/c1-32-16-9-14-15(10-17(16)33-2)29(18-6-7-26-20(28-18)34(3,30)31)19(27-14)11-4-5-13(22)12(8-11)21(23,24)25/h4-10H,1-3H3. The minimum atomic E-state index is -4.94. The summed E-state index contributed by atoms with van der Waals surface area (Å²) < 4.78 is 89.9. The van der Waals surface area contributed by atoms with Crippen LogP contribution < -0.4 is 9.47 Å². The number of alkyl halides is 3. The van der Waals surface area contributed by atoms with E-state index in [4.69, 9.17) is 9.47 Å². The Morgan fingerprint density at radius 3 is 2.26 bits per heavy atom. The molecule has 0 unspecified atom stereocenters. The number of fused-ring (bicyclic) bond motifs is 1. The third kappa shape index (κ3) is 4.14. The van der Waals surface area contributed by atoms with E-state index < -0.39 is 32.6 Å². The van der Waals surface area contributed by atoms with E-state index in [1.807, 2.05) is 0 Å². The molecule has 0 bridgehead atoms. The normalized spacial score (nSPS) is 12.2. The van der Waals surface area contributed by atoms with Crippen molar-refractivity contribution in [2.24, 2.45) is 0 Å². The summed E-state index contributed by atoms with van der Waals surface area (Å²) in [6.45, 7) is 0. The SMILES string of the molecule is COc1cc2nc(-c3ccc(F)c(C(F)(F)F)c3)n(-c3ccnc(S(C)(=O)=O)n3)c2cc1OC. The summed E-state index contributed by atoms with van der Waals surface area (Å²) in [5.74, 6) is -0.883. The van der Waals surface area contributed by atoms with E-state index in [-0.39, 0.29) is 28.5 Å². The molecule has 34 heavy (non-hydrogen) atoms. The van der Waals surface area contributed by atoms with Gasteiger partial charge in [0.15, 0.2) is 11.5 Å². The topological polar surface area (TPSA) is 96.2 Å². The minimum absolute atomic E-state index is 0.0121. The van der Waals surface area contributed by atoms with Gasteiger partial charge in [0.2, 0.25) is 15.0 Å². The van der Waals surface area contributed by atoms with Crippen molar-refractivity contribution in [1.82, 2.24) is 19.5 Å². The van der Waals surface area contributed by atoms with Crippen LogP contribution in [0.1, 0.15) is 5.56 Å². The lowest BCUT2D eigenvalue weighted by atomic mass is 10.1. The summed E-state index contributed by atoms with van der Waals surface area (Å²) in [7, 11) is -1.00. The second-order valence-corrected chi connectivity index (χ2v) is 9.04. The molecule has 0 aliphatic heterocycles. The Kier molecular flexibility index (Phi) is 5.67. The third-order valence-electron chi connectivity index (χ3n) is 4.87. The lowest BCUT2D eigenvalue weighted by molar-refractivity contribution is -0.139. The number of aromatic nitrogens is 4. The van der Waals surface area contributed by atoms with Gasteiger partial charge in [-0.2, -0.15) is 13.2 Å². The molecule has 0 fully saturated rings. The molecule has 8 nitrogen and oxygen atoms in total. The Morgan fingerprint density at radius 2 is 1.65 bits per heavy atom. The quantitative estimate of drug-likeness (QED) is 0.304. The molecule has 0 spiro atoms. The number of benzene rings is 2. The Labute approximate surface area is 190 Å². The second-order valence-electron chi connectivity index (χ2n) is 7.13. The molecule has 13 heteroatoms. The monoisotopic (exact) mass is 496 g/mol. The van der Waals surface area contributed by atoms with Gasteiger partial charge in [-0.15, -0.1) is 0 Å². The average molecular weight is 496 g/mol. The van der Waals surface area contributed by atoms with Crippen molar-refractivity contribution in [3.05, 3.63) is 54.0 Å². The van der Waals surface area contributed by atoms with E-state index in [9.17, 15) is 26.0 Å². The van der Waals surface area contributed by atoms with Crippen molar-refractivity contribution in [2.45, 2.75) is 11.3 Å². The van der Waals surface area contributed by atoms with Crippen molar-refractivity contribution >= 4 is 20.9 Å². The minimum Gasteiger partial charge on any atom is -0.493 e. The van der Waals surface area contributed by atoms with Crippen molar-refractivity contribution in [3.63, 3.8) is 0 Å². The van der Waals surface area contributed by atoms with Crippen LogP contribution in [0.25, 0.3) is 28.2 Å². The van der Waals surface area contributed by atoms with Gasteiger partial charge >= 0.3 is 6.18 Å². The van der Waals surface area contributed by atoms with E-state index >= 15 is 0 Å². The van der Waals surface area contributed by atoms with Crippen LogP contribution in [-0.4, -0.2) is 48.4 Å².